The quantitative estimate of drug-likeness (QED) is 0.831. The Balaban J connectivity index is 2.03. The van der Waals surface area contributed by atoms with Crippen LogP contribution < -0.4 is 0 Å². The summed E-state index contributed by atoms with van der Waals surface area (Å²) in [5.74, 6) is 0.209. The Morgan fingerprint density at radius 3 is 3.00 bits per heavy atom. The molecule has 0 spiro atoms. The van der Waals surface area contributed by atoms with Crippen LogP contribution in [0, 0.1) is 17.2 Å². The smallest absolute Gasteiger partial charge is 0.0963 e. The second kappa shape index (κ2) is 5.00. The third kappa shape index (κ3) is 2.73. The van der Waals surface area contributed by atoms with Crippen molar-refractivity contribution in [2.24, 2.45) is 5.92 Å². The number of pyridine rings is 1. The second-order valence-corrected chi connectivity index (χ2v) is 5.81. The average Bonchev–Trinajstić information content (AvgIpc) is 2.69. The van der Waals surface area contributed by atoms with E-state index in [4.69, 9.17) is 5.26 Å². The van der Waals surface area contributed by atoms with E-state index in [1.807, 2.05) is 12.1 Å². The minimum absolute atomic E-state index is 0.209. The minimum atomic E-state index is 0.209. The van der Waals surface area contributed by atoms with Gasteiger partial charge in [-0.15, -0.1) is 11.8 Å². The molecule has 0 amide bonds. The Morgan fingerprint density at radius 2 is 2.33 bits per heavy atom. The molecule has 0 radical (unpaired) electrons. The molecule has 15 heavy (non-hydrogen) atoms. The van der Waals surface area contributed by atoms with Crippen molar-refractivity contribution in [1.29, 1.82) is 5.26 Å². The van der Waals surface area contributed by atoms with Gasteiger partial charge in [-0.1, -0.05) is 6.42 Å². The van der Waals surface area contributed by atoms with Crippen LogP contribution in [0.4, 0.5) is 0 Å². The van der Waals surface area contributed by atoms with Crippen LogP contribution >= 0.6 is 27.7 Å². The largest absolute Gasteiger partial charge is 0.249 e. The number of nitrogens with zero attached hydrogens (tertiary/aromatic N) is 2. The third-order valence-corrected chi connectivity index (χ3v) is 4.41. The topological polar surface area (TPSA) is 36.7 Å². The summed E-state index contributed by atoms with van der Waals surface area (Å²) in [7, 11) is 0. The fraction of sp³-hybridized carbons (Fsp3) is 0.455. The van der Waals surface area contributed by atoms with E-state index in [-0.39, 0.29) is 5.92 Å². The maximum atomic E-state index is 8.97. The number of nitriles is 1. The highest BCUT2D eigenvalue weighted by Gasteiger charge is 2.28. The molecule has 0 aliphatic heterocycles. The molecule has 0 N–H and O–H groups in total. The van der Waals surface area contributed by atoms with E-state index < -0.39 is 0 Å². The van der Waals surface area contributed by atoms with Gasteiger partial charge in [0.15, 0.2) is 0 Å². The van der Waals surface area contributed by atoms with Crippen LogP contribution in [0.1, 0.15) is 19.3 Å². The van der Waals surface area contributed by atoms with E-state index in [1.165, 1.54) is 6.42 Å². The van der Waals surface area contributed by atoms with Crippen molar-refractivity contribution >= 4 is 27.7 Å². The van der Waals surface area contributed by atoms with Gasteiger partial charge in [-0.2, -0.15) is 5.26 Å². The molecule has 2 rings (SSSR count). The molecule has 0 bridgehead atoms. The van der Waals surface area contributed by atoms with Crippen molar-refractivity contribution in [3.8, 4) is 6.07 Å². The third-order valence-electron chi connectivity index (χ3n) is 2.59. The van der Waals surface area contributed by atoms with Crippen LogP contribution in [0.25, 0.3) is 0 Å². The molecular weight excluding hydrogens is 272 g/mol. The van der Waals surface area contributed by atoms with E-state index >= 15 is 0 Å². The van der Waals surface area contributed by atoms with Crippen molar-refractivity contribution in [3.63, 3.8) is 0 Å². The zero-order valence-corrected chi connectivity index (χ0v) is 10.6. The van der Waals surface area contributed by atoms with Crippen molar-refractivity contribution in [2.45, 2.75) is 29.5 Å². The van der Waals surface area contributed by atoms with Crippen LogP contribution in [0.15, 0.2) is 27.8 Å². The molecule has 1 aliphatic rings. The molecular formula is C11H11BrN2S. The summed E-state index contributed by atoms with van der Waals surface area (Å²) in [6, 6.07) is 6.38. The zero-order chi connectivity index (χ0) is 10.7. The van der Waals surface area contributed by atoms with Gasteiger partial charge in [0.25, 0.3) is 0 Å². The maximum absolute atomic E-state index is 8.97. The number of hydrogen-bond donors (Lipinski definition) is 0. The van der Waals surface area contributed by atoms with Crippen LogP contribution in [0.3, 0.4) is 0 Å². The average molecular weight is 283 g/mol. The standard InChI is InChI=1S/C11H11BrN2S/c12-9-4-5-11(14-7-9)15-10-3-1-2-8(10)6-13/h4-5,7-8,10H,1-3H2. The summed E-state index contributed by atoms with van der Waals surface area (Å²) in [6.45, 7) is 0. The monoisotopic (exact) mass is 282 g/mol. The summed E-state index contributed by atoms with van der Waals surface area (Å²) in [5, 5.41) is 10.4. The Hall–Kier alpha value is -0.530. The molecule has 1 saturated carbocycles. The van der Waals surface area contributed by atoms with E-state index in [0.717, 1.165) is 22.3 Å². The zero-order valence-electron chi connectivity index (χ0n) is 8.19. The first-order valence-corrected chi connectivity index (χ1v) is 6.64. The van der Waals surface area contributed by atoms with E-state index in [1.54, 1.807) is 18.0 Å². The van der Waals surface area contributed by atoms with Crippen molar-refractivity contribution in [2.75, 3.05) is 0 Å². The van der Waals surface area contributed by atoms with Crippen LogP contribution in [-0.2, 0) is 0 Å². The summed E-state index contributed by atoms with van der Waals surface area (Å²) < 4.78 is 0.995. The number of thioether (sulfide) groups is 1. The number of aromatic nitrogens is 1. The maximum Gasteiger partial charge on any atom is 0.0963 e. The predicted molar refractivity (Wildman–Crippen MR) is 64.5 cm³/mol. The highest BCUT2D eigenvalue weighted by Crippen LogP contribution is 2.37. The molecule has 2 unspecified atom stereocenters. The molecule has 1 fully saturated rings. The number of hydrogen-bond acceptors (Lipinski definition) is 3. The first-order valence-electron chi connectivity index (χ1n) is 4.97. The fourth-order valence-corrected chi connectivity index (χ4v) is 3.25. The molecule has 1 aromatic rings. The number of rotatable bonds is 2. The Morgan fingerprint density at radius 1 is 1.47 bits per heavy atom. The first-order chi connectivity index (χ1) is 7.29. The van der Waals surface area contributed by atoms with Gasteiger partial charge in [-0.3, -0.25) is 0 Å². The van der Waals surface area contributed by atoms with Crippen LogP contribution in [0.2, 0.25) is 0 Å². The highest BCUT2D eigenvalue weighted by atomic mass is 79.9. The van der Waals surface area contributed by atoms with Crippen LogP contribution in [0.5, 0.6) is 0 Å². The van der Waals surface area contributed by atoms with E-state index in [2.05, 4.69) is 27.0 Å². The lowest BCUT2D eigenvalue weighted by molar-refractivity contribution is 0.713. The predicted octanol–water partition coefficient (Wildman–Crippen LogP) is 3.63. The lowest BCUT2D eigenvalue weighted by Gasteiger charge is -2.11. The summed E-state index contributed by atoms with van der Waals surface area (Å²) in [5.41, 5.74) is 0. The molecule has 1 aliphatic carbocycles. The van der Waals surface area contributed by atoms with Crippen LogP contribution in [-0.4, -0.2) is 10.2 Å². The Labute approximate surface area is 102 Å². The van der Waals surface area contributed by atoms with Gasteiger partial charge in [0, 0.05) is 15.9 Å². The first kappa shape index (κ1) is 11.0. The van der Waals surface area contributed by atoms with Gasteiger partial charge in [0.2, 0.25) is 0 Å². The Bertz CT molecular complexity index is 371. The summed E-state index contributed by atoms with van der Waals surface area (Å²) >= 11 is 5.10. The van der Waals surface area contributed by atoms with Gasteiger partial charge in [-0.05, 0) is 40.9 Å². The SMILES string of the molecule is N#CC1CCCC1Sc1ccc(Br)cn1. The van der Waals surface area contributed by atoms with Gasteiger partial charge in [-0.25, -0.2) is 4.98 Å². The molecule has 1 heterocycles. The summed E-state index contributed by atoms with van der Waals surface area (Å²) in [6.07, 6.45) is 5.16. The second-order valence-electron chi connectivity index (χ2n) is 3.64. The molecule has 0 aromatic carbocycles. The normalized spacial score (nSPS) is 25.1. The molecule has 0 saturated heterocycles. The minimum Gasteiger partial charge on any atom is -0.249 e. The lowest BCUT2D eigenvalue weighted by atomic mass is 10.1. The van der Waals surface area contributed by atoms with E-state index in [9.17, 15) is 0 Å². The van der Waals surface area contributed by atoms with Crippen molar-refractivity contribution in [3.05, 3.63) is 22.8 Å². The molecule has 2 atom stereocenters. The van der Waals surface area contributed by atoms with Gasteiger partial charge < -0.3 is 0 Å². The van der Waals surface area contributed by atoms with Crippen molar-refractivity contribution < 1.29 is 0 Å². The molecule has 4 heteroatoms. The van der Waals surface area contributed by atoms with Crippen molar-refractivity contribution in [1.82, 2.24) is 4.98 Å². The van der Waals surface area contributed by atoms with E-state index in [0.29, 0.717) is 5.25 Å². The molecule has 2 nitrogen and oxygen atoms in total. The van der Waals surface area contributed by atoms with Gasteiger partial charge in [0.1, 0.15) is 0 Å². The number of halogens is 1. The highest BCUT2D eigenvalue weighted by molar-refractivity contribution is 9.10. The van der Waals surface area contributed by atoms with Gasteiger partial charge >= 0.3 is 0 Å². The fourth-order valence-electron chi connectivity index (χ4n) is 1.80. The Kier molecular flexibility index (Phi) is 3.66. The molecule has 78 valence electrons. The lowest BCUT2D eigenvalue weighted by Crippen LogP contribution is -2.07. The molecule has 1 aromatic heterocycles. The van der Waals surface area contributed by atoms with Gasteiger partial charge in [0.05, 0.1) is 17.0 Å². The summed E-state index contributed by atoms with van der Waals surface area (Å²) in [4.78, 5) is 4.32.